The fourth-order valence-electron chi connectivity index (χ4n) is 3.32. The molecule has 1 aliphatic rings. The summed E-state index contributed by atoms with van der Waals surface area (Å²) in [5.74, 6) is -1.09. The largest absolute Gasteiger partial charge is 0.481 e. The highest BCUT2D eigenvalue weighted by molar-refractivity contribution is 5.93. The molecule has 0 spiro atoms. The first-order valence-corrected chi connectivity index (χ1v) is 8.39. The maximum Gasteiger partial charge on any atom is 0.305 e. The first-order valence-electron chi connectivity index (χ1n) is 8.39. The molecule has 2 aromatic rings. The Kier molecular flexibility index (Phi) is 4.79. The Hall–Kier alpha value is -2.76. The quantitative estimate of drug-likeness (QED) is 0.843. The highest BCUT2D eigenvalue weighted by atomic mass is 16.4. The van der Waals surface area contributed by atoms with E-state index in [1.165, 1.54) is 17.5 Å². The van der Waals surface area contributed by atoms with Crippen molar-refractivity contribution >= 4 is 17.6 Å². The van der Waals surface area contributed by atoms with E-state index in [1.54, 1.807) is 13.0 Å². The van der Waals surface area contributed by atoms with Gasteiger partial charge in [0.05, 0.1) is 12.7 Å². The summed E-state index contributed by atoms with van der Waals surface area (Å²) in [5.41, 5.74) is 3.28. The Morgan fingerprint density at radius 2 is 2.12 bits per heavy atom. The van der Waals surface area contributed by atoms with Crippen molar-refractivity contribution in [3.63, 3.8) is 0 Å². The molecular weight excluding hydrogens is 320 g/mol. The van der Waals surface area contributed by atoms with Crippen LogP contribution in [0.5, 0.6) is 0 Å². The number of hydrogen-bond donors (Lipinski definition) is 2. The first kappa shape index (κ1) is 17.1. The summed E-state index contributed by atoms with van der Waals surface area (Å²) < 4.78 is 5.38. The van der Waals surface area contributed by atoms with E-state index < -0.39 is 12.0 Å². The standard InChI is InChI=1S/C19H22N2O4/c1-12(9-17(22)23)20-19(24)18-15(7-8-25-18)11-21-13(2)10-14-5-3-4-6-16(14)21/h3-8,12-13H,9-11H2,1-2H3,(H,20,24)(H,22,23). The minimum atomic E-state index is -0.949. The predicted molar refractivity (Wildman–Crippen MR) is 93.7 cm³/mol. The van der Waals surface area contributed by atoms with Gasteiger partial charge >= 0.3 is 5.97 Å². The molecule has 0 saturated carbocycles. The average Bonchev–Trinajstić information content (AvgIpc) is 3.12. The molecule has 1 aliphatic heterocycles. The fourth-order valence-corrected chi connectivity index (χ4v) is 3.32. The van der Waals surface area contributed by atoms with E-state index in [0.717, 1.165) is 12.0 Å². The van der Waals surface area contributed by atoms with Crippen LogP contribution in [-0.2, 0) is 17.8 Å². The summed E-state index contributed by atoms with van der Waals surface area (Å²) in [7, 11) is 0. The Bertz CT molecular complexity index is 783. The van der Waals surface area contributed by atoms with E-state index in [1.807, 2.05) is 12.1 Å². The average molecular weight is 342 g/mol. The van der Waals surface area contributed by atoms with Gasteiger partial charge in [0.2, 0.25) is 0 Å². The molecule has 0 radical (unpaired) electrons. The van der Waals surface area contributed by atoms with E-state index >= 15 is 0 Å². The molecule has 2 heterocycles. The van der Waals surface area contributed by atoms with Crippen LogP contribution in [0.15, 0.2) is 41.0 Å². The summed E-state index contributed by atoms with van der Waals surface area (Å²) in [6.07, 6.45) is 2.35. The third-order valence-corrected chi connectivity index (χ3v) is 4.50. The van der Waals surface area contributed by atoms with Gasteiger partial charge in [-0.05, 0) is 38.0 Å². The number of rotatable bonds is 6. The monoisotopic (exact) mass is 342 g/mol. The van der Waals surface area contributed by atoms with Crippen molar-refractivity contribution in [1.29, 1.82) is 0 Å². The number of carboxylic acids is 1. The van der Waals surface area contributed by atoms with Gasteiger partial charge in [-0.2, -0.15) is 0 Å². The molecule has 1 aromatic heterocycles. The highest BCUT2D eigenvalue weighted by Gasteiger charge is 2.28. The molecule has 132 valence electrons. The van der Waals surface area contributed by atoms with Gasteiger partial charge in [-0.25, -0.2) is 0 Å². The third-order valence-electron chi connectivity index (χ3n) is 4.50. The molecule has 3 rings (SSSR count). The van der Waals surface area contributed by atoms with Crippen LogP contribution in [-0.4, -0.2) is 29.1 Å². The number of aliphatic carboxylic acids is 1. The number of amides is 1. The molecule has 0 bridgehead atoms. The molecule has 0 fully saturated rings. The summed E-state index contributed by atoms with van der Waals surface area (Å²) in [4.78, 5) is 25.4. The van der Waals surface area contributed by atoms with Crippen molar-refractivity contribution in [1.82, 2.24) is 5.32 Å². The van der Waals surface area contributed by atoms with Gasteiger partial charge in [-0.1, -0.05) is 18.2 Å². The third kappa shape index (κ3) is 3.68. The fraction of sp³-hybridized carbons (Fsp3) is 0.368. The number of fused-ring (bicyclic) bond motifs is 1. The molecule has 2 atom stereocenters. The topological polar surface area (TPSA) is 82.8 Å². The van der Waals surface area contributed by atoms with E-state index in [-0.39, 0.29) is 18.1 Å². The van der Waals surface area contributed by atoms with Crippen LogP contribution in [0.4, 0.5) is 5.69 Å². The lowest BCUT2D eigenvalue weighted by Crippen LogP contribution is -2.35. The van der Waals surface area contributed by atoms with Crippen LogP contribution in [0.1, 0.15) is 41.9 Å². The summed E-state index contributed by atoms with van der Waals surface area (Å²) in [6, 6.07) is 9.94. The SMILES string of the molecule is CC(CC(=O)O)NC(=O)c1occc1CN1c2ccccc2CC1C. The molecular formula is C19H22N2O4. The maximum atomic E-state index is 12.4. The Morgan fingerprint density at radius 1 is 1.36 bits per heavy atom. The number of carbonyl (C=O) groups excluding carboxylic acids is 1. The number of hydrogen-bond acceptors (Lipinski definition) is 4. The van der Waals surface area contributed by atoms with Gasteiger partial charge in [-0.15, -0.1) is 0 Å². The van der Waals surface area contributed by atoms with Crippen LogP contribution >= 0.6 is 0 Å². The van der Waals surface area contributed by atoms with Crippen LogP contribution in [0.25, 0.3) is 0 Å². The number of nitrogens with one attached hydrogen (secondary N) is 1. The normalized spacial score (nSPS) is 17.2. The second-order valence-electron chi connectivity index (χ2n) is 6.56. The van der Waals surface area contributed by atoms with Gasteiger partial charge in [-0.3, -0.25) is 9.59 Å². The lowest BCUT2D eigenvalue weighted by Gasteiger charge is -2.24. The zero-order valence-corrected chi connectivity index (χ0v) is 14.4. The zero-order chi connectivity index (χ0) is 18.0. The number of para-hydroxylation sites is 1. The molecule has 2 N–H and O–H groups in total. The maximum absolute atomic E-state index is 12.4. The first-order chi connectivity index (χ1) is 12.0. The van der Waals surface area contributed by atoms with E-state index in [4.69, 9.17) is 9.52 Å². The van der Waals surface area contributed by atoms with Crippen molar-refractivity contribution in [3.05, 3.63) is 53.5 Å². The molecule has 1 aromatic carbocycles. The van der Waals surface area contributed by atoms with Gasteiger partial charge in [0.15, 0.2) is 5.76 Å². The van der Waals surface area contributed by atoms with E-state index in [0.29, 0.717) is 12.6 Å². The number of anilines is 1. The van der Waals surface area contributed by atoms with Gasteiger partial charge in [0, 0.05) is 29.9 Å². The number of carbonyl (C=O) groups is 2. The predicted octanol–water partition coefficient (Wildman–Crippen LogP) is 2.82. The van der Waals surface area contributed by atoms with E-state index in [9.17, 15) is 9.59 Å². The summed E-state index contributed by atoms with van der Waals surface area (Å²) in [5, 5.41) is 11.5. The van der Waals surface area contributed by atoms with Crippen molar-refractivity contribution in [2.24, 2.45) is 0 Å². The Labute approximate surface area is 146 Å². The van der Waals surface area contributed by atoms with Gasteiger partial charge < -0.3 is 19.7 Å². The highest BCUT2D eigenvalue weighted by Crippen LogP contribution is 2.33. The lowest BCUT2D eigenvalue weighted by molar-refractivity contribution is -0.137. The lowest BCUT2D eigenvalue weighted by atomic mass is 10.1. The number of benzene rings is 1. The van der Waals surface area contributed by atoms with Gasteiger partial charge in [0.1, 0.15) is 0 Å². The zero-order valence-electron chi connectivity index (χ0n) is 14.4. The van der Waals surface area contributed by atoms with Gasteiger partial charge in [0.25, 0.3) is 5.91 Å². The molecule has 0 aliphatic carbocycles. The van der Waals surface area contributed by atoms with Crippen molar-refractivity contribution in [3.8, 4) is 0 Å². The molecule has 1 amide bonds. The number of nitrogens with zero attached hydrogens (tertiary/aromatic N) is 1. The van der Waals surface area contributed by atoms with Crippen LogP contribution in [0.3, 0.4) is 0 Å². The van der Waals surface area contributed by atoms with E-state index in [2.05, 4.69) is 29.3 Å². The number of furan rings is 1. The molecule has 2 unspecified atom stereocenters. The minimum Gasteiger partial charge on any atom is -0.481 e. The van der Waals surface area contributed by atoms with Crippen molar-refractivity contribution in [2.75, 3.05) is 4.90 Å². The number of carboxylic acid groups (broad SMARTS) is 1. The second kappa shape index (κ2) is 7.01. The van der Waals surface area contributed by atoms with Crippen molar-refractivity contribution in [2.45, 2.75) is 45.3 Å². The summed E-state index contributed by atoms with van der Waals surface area (Å²) >= 11 is 0. The van der Waals surface area contributed by atoms with Crippen molar-refractivity contribution < 1.29 is 19.1 Å². The summed E-state index contributed by atoms with van der Waals surface area (Å²) in [6.45, 7) is 4.40. The van der Waals surface area contributed by atoms with Crippen LogP contribution in [0, 0.1) is 0 Å². The molecule has 6 nitrogen and oxygen atoms in total. The molecule has 25 heavy (non-hydrogen) atoms. The Balaban J connectivity index is 1.74. The minimum absolute atomic E-state index is 0.127. The molecule has 0 saturated heterocycles. The smallest absolute Gasteiger partial charge is 0.305 e. The Morgan fingerprint density at radius 3 is 2.88 bits per heavy atom. The van der Waals surface area contributed by atoms with Crippen LogP contribution < -0.4 is 10.2 Å². The molecule has 6 heteroatoms. The van der Waals surface area contributed by atoms with Crippen LogP contribution in [0.2, 0.25) is 0 Å². The second-order valence-corrected chi connectivity index (χ2v) is 6.56.